The molecule has 106 valence electrons. The summed E-state index contributed by atoms with van der Waals surface area (Å²) in [4.78, 5) is 10.9. The topological polar surface area (TPSA) is 73.6 Å². The van der Waals surface area contributed by atoms with Crippen molar-refractivity contribution in [3.8, 4) is 11.5 Å². The number of primary amides is 1. The molecule has 0 aliphatic rings. The van der Waals surface area contributed by atoms with Gasteiger partial charge in [-0.25, -0.2) is 4.79 Å². The minimum atomic E-state index is -0.530. The van der Waals surface area contributed by atoms with Gasteiger partial charge >= 0.3 is 6.03 Å². The first-order valence-electron chi connectivity index (χ1n) is 6.09. The lowest BCUT2D eigenvalue weighted by Gasteiger charge is -2.28. The SMILES string of the molecule is COc1ccc(C(C)(C)CNC(N)=O)c(OC)c1C. The van der Waals surface area contributed by atoms with Crippen molar-refractivity contribution in [3.63, 3.8) is 0 Å². The van der Waals surface area contributed by atoms with Gasteiger partial charge in [0.2, 0.25) is 0 Å². The smallest absolute Gasteiger partial charge is 0.312 e. The minimum absolute atomic E-state index is 0.294. The second kappa shape index (κ2) is 5.82. The molecule has 5 heteroatoms. The predicted octanol–water partition coefficient (Wildman–Crippen LogP) is 1.96. The number of hydrogen-bond acceptors (Lipinski definition) is 3. The largest absolute Gasteiger partial charge is 0.496 e. The van der Waals surface area contributed by atoms with Gasteiger partial charge in [-0.2, -0.15) is 0 Å². The molecular formula is C14H22N2O3. The van der Waals surface area contributed by atoms with E-state index in [4.69, 9.17) is 15.2 Å². The highest BCUT2D eigenvalue weighted by Gasteiger charge is 2.26. The van der Waals surface area contributed by atoms with Gasteiger partial charge in [0, 0.05) is 23.1 Å². The fraction of sp³-hybridized carbons (Fsp3) is 0.500. The van der Waals surface area contributed by atoms with Crippen molar-refractivity contribution in [2.24, 2.45) is 5.73 Å². The molecule has 0 aromatic heterocycles. The van der Waals surface area contributed by atoms with E-state index in [0.717, 1.165) is 22.6 Å². The Morgan fingerprint density at radius 3 is 2.42 bits per heavy atom. The average molecular weight is 266 g/mol. The number of benzene rings is 1. The van der Waals surface area contributed by atoms with Crippen LogP contribution in [0.15, 0.2) is 12.1 Å². The summed E-state index contributed by atoms with van der Waals surface area (Å²) < 4.78 is 10.8. The standard InChI is InChI=1S/C14H22N2O3/c1-9-11(18-4)7-6-10(12(9)19-5)14(2,3)8-16-13(15)17/h6-7H,8H2,1-5H3,(H3,15,16,17). The van der Waals surface area contributed by atoms with Gasteiger partial charge in [0.15, 0.2) is 0 Å². The number of urea groups is 1. The van der Waals surface area contributed by atoms with Crippen molar-refractivity contribution in [1.29, 1.82) is 0 Å². The van der Waals surface area contributed by atoms with Crippen LogP contribution >= 0.6 is 0 Å². The summed E-state index contributed by atoms with van der Waals surface area (Å²) >= 11 is 0. The van der Waals surface area contributed by atoms with E-state index in [-0.39, 0.29) is 5.41 Å². The molecule has 19 heavy (non-hydrogen) atoms. The highest BCUT2D eigenvalue weighted by molar-refractivity contribution is 5.71. The number of nitrogens with one attached hydrogen (secondary N) is 1. The van der Waals surface area contributed by atoms with Gasteiger partial charge in [-0.3, -0.25) is 0 Å². The molecule has 0 aliphatic heterocycles. The summed E-state index contributed by atoms with van der Waals surface area (Å²) in [5.74, 6) is 1.55. The Labute approximate surface area is 114 Å². The number of carbonyl (C=O) groups is 1. The molecule has 1 aromatic carbocycles. The molecule has 0 bridgehead atoms. The Kier molecular flexibility index (Phi) is 4.64. The van der Waals surface area contributed by atoms with Crippen molar-refractivity contribution in [3.05, 3.63) is 23.3 Å². The number of hydrogen-bond donors (Lipinski definition) is 2. The molecule has 0 fully saturated rings. The van der Waals surface area contributed by atoms with Crippen molar-refractivity contribution < 1.29 is 14.3 Å². The summed E-state index contributed by atoms with van der Waals surface area (Å²) in [6.07, 6.45) is 0. The summed E-state index contributed by atoms with van der Waals surface area (Å²) in [5, 5.41) is 2.64. The maximum Gasteiger partial charge on any atom is 0.312 e. The third-order valence-corrected chi connectivity index (χ3v) is 3.21. The van der Waals surface area contributed by atoms with Gasteiger partial charge in [0.25, 0.3) is 0 Å². The summed E-state index contributed by atoms with van der Waals surface area (Å²) in [5.41, 5.74) is 6.77. The summed E-state index contributed by atoms with van der Waals surface area (Å²) in [7, 11) is 3.25. The number of methoxy groups -OCH3 is 2. The number of amides is 2. The van der Waals surface area contributed by atoms with Crippen LogP contribution in [0, 0.1) is 6.92 Å². The van der Waals surface area contributed by atoms with Crippen LogP contribution in [-0.4, -0.2) is 26.8 Å². The van der Waals surface area contributed by atoms with E-state index >= 15 is 0 Å². The molecule has 0 heterocycles. The van der Waals surface area contributed by atoms with Crippen LogP contribution < -0.4 is 20.5 Å². The molecule has 0 unspecified atom stereocenters. The van der Waals surface area contributed by atoms with Crippen LogP contribution in [0.1, 0.15) is 25.0 Å². The normalized spacial score (nSPS) is 11.0. The highest BCUT2D eigenvalue weighted by Crippen LogP contribution is 2.37. The lowest BCUT2D eigenvalue weighted by Crippen LogP contribution is -2.39. The zero-order chi connectivity index (χ0) is 14.6. The molecule has 1 rings (SSSR count). The van der Waals surface area contributed by atoms with Crippen LogP contribution in [0.4, 0.5) is 4.79 Å². The summed E-state index contributed by atoms with van der Waals surface area (Å²) in [6, 6.07) is 3.32. The van der Waals surface area contributed by atoms with Gasteiger partial charge in [-0.05, 0) is 13.0 Å². The van der Waals surface area contributed by atoms with Gasteiger partial charge in [0.1, 0.15) is 11.5 Å². The zero-order valence-electron chi connectivity index (χ0n) is 12.2. The molecule has 0 aliphatic carbocycles. The molecule has 0 saturated heterocycles. The minimum Gasteiger partial charge on any atom is -0.496 e. The Morgan fingerprint density at radius 1 is 1.32 bits per heavy atom. The Morgan fingerprint density at radius 2 is 1.95 bits per heavy atom. The maximum absolute atomic E-state index is 10.9. The average Bonchev–Trinajstić information content (AvgIpc) is 2.36. The maximum atomic E-state index is 10.9. The number of ether oxygens (including phenoxy) is 2. The van der Waals surface area contributed by atoms with Crippen LogP contribution in [0.3, 0.4) is 0 Å². The third kappa shape index (κ3) is 3.30. The van der Waals surface area contributed by atoms with E-state index in [9.17, 15) is 4.79 Å². The molecule has 2 amide bonds. The second-order valence-corrected chi connectivity index (χ2v) is 5.08. The fourth-order valence-corrected chi connectivity index (χ4v) is 2.09. The summed E-state index contributed by atoms with van der Waals surface area (Å²) in [6.45, 7) is 6.42. The monoisotopic (exact) mass is 266 g/mol. The highest BCUT2D eigenvalue weighted by atomic mass is 16.5. The van der Waals surface area contributed by atoms with Crippen molar-refractivity contribution in [1.82, 2.24) is 5.32 Å². The molecule has 0 atom stereocenters. The van der Waals surface area contributed by atoms with Gasteiger partial charge in [-0.1, -0.05) is 19.9 Å². The molecule has 3 N–H and O–H groups in total. The fourth-order valence-electron chi connectivity index (χ4n) is 2.09. The lowest BCUT2D eigenvalue weighted by atomic mass is 9.83. The Balaban J connectivity index is 3.18. The first-order valence-corrected chi connectivity index (χ1v) is 6.09. The second-order valence-electron chi connectivity index (χ2n) is 5.08. The van der Waals surface area contributed by atoms with Crippen molar-refractivity contribution >= 4 is 6.03 Å². The van der Waals surface area contributed by atoms with Gasteiger partial charge in [0.05, 0.1) is 14.2 Å². The Bertz CT molecular complexity index is 470. The van der Waals surface area contributed by atoms with E-state index in [1.807, 2.05) is 32.9 Å². The van der Waals surface area contributed by atoms with Crippen LogP contribution in [-0.2, 0) is 5.41 Å². The first kappa shape index (κ1) is 15.1. The van der Waals surface area contributed by atoms with E-state index < -0.39 is 6.03 Å². The number of rotatable bonds is 5. The number of nitrogens with two attached hydrogens (primary N) is 1. The predicted molar refractivity (Wildman–Crippen MR) is 74.9 cm³/mol. The Hall–Kier alpha value is -1.91. The molecule has 0 spiro atoms. The zero-order valence-corrected chi connectivity index (χ0v) is 12.2. The molecule has 0 saturated carbocycles. The van der Waals surface area contributed by atoms with Crippen molar-refractivity contribution in [2.45, 2.75) is 26.2 Å². The first-order chi connectivity index (χ1) is 8.83. The molecule has 1 aromatic rings. The van der Waals surface area contributed by atoms with E-state index in [0.29, 0.717) is 6.54 Å². The van der Waals surface area contributed by atoms with Crippen molar-refractivity contribution in [2.75, 3.05) is 20.8 Å². The van der Waals surface area contributed by atoms with E-state index in [2.05, 4.69) is 5.32 Å². The lowest BCUT2D eigenvalue weighted by molar-refractivity contribution is 0.246. The molecule has 0 radical (unpaired) electrons. The van der Waals surface area contributed by atoms with Crippen LogP contribution in [0.25, 0.3) is 0 Å². The van der Waals surface area contributed by atoms with E-state index in [1.165, 1.54) is 0 Å². The van der Waals surface area contributed by atoms with Gasteiger partial charge in [-0.15, -0.1) is 0 Å². The number of carbonyl (C=O) groups excluding carboxylic acids is 1. The molecular weight excluding hydrogens is 244 g/mol. The van der Waals surface area contributed by atoms with Crippen LogP contribution in [0.2, 0.25) is 0 Å². The van der Waals surface area contributed by atoms with Crippen LogP contribution in [0.5, 0.6) is 11.5 Å². The quantitative estimate of drug-likeness (QED) is 0.855. The molecule has 5 nitrogen and oxygen atoms in total. The third-order valence-electron chi connectivity index (χ3n) is 3.21. The van der Waals surface area contributed by atoms with Gasteiger partial charge < -0.3 is 20.5 Å². The van der Waals surface area contributed by atoms with E-state index in [1.54, 1.807) is 14.2 Å².